The number of anilines is 1. The number of methoxy groups -OCH3 is 1. The highest BCUT2D eigenvalue weighted by molar-refractivity contribution is 7.89. The maximum absolute atomic E-state index is 13.8. The molecule has 1 amide bonds. The Morgan fingerprint density at radius 2 is 1.74 bits per heavy atom. The molecule has 1 heterocycles. The smallest absolute Gasteiger partial charge is 0.326 e. The molecule has 176 valence electrons. The fourth-order valence-corrected chi connectivity index (χ4v) is 5.40. The number of ether oxygens (including phenoxy) is 1. The van der Waals surface area contributed by atoms with Crippen molar-refractivity contribution in [2.24, 2.45) is 0 Å². The van der Waals surface area contributed by atoms with E-state index in [1.165, 1.54) is 47.4 Å². The molecule has 1 N–H and O–H groups in total. The van der Waals surface area contributed by atoms with Gasteiger partial charge in [-0.3, -0.25) is 9.59 Å². The summed E-state index contributed by atoms with van der Waals surface area (Å²) in [4.78, 5) is 27.3. The van der Waals surface area contributed by atoms with Crippen molar-refractivity contribution in [1.29, 1.82) is 0 Å². The number of nitrogens with zero attached hydrogens (tertiary/aromatic N) is 2. The molecule has 0 fully saturated rings. The van der Waals surface area contributed by atoms with Crippen LogP contribution in [0.4, 0.5) is 10.1 Å². The second-order valence-electron chi connectivity index (χ2n) is 7.64. The van der Waals surface area contributed by atoms with Crippen LogP contribution in [0.3, 0.4) is 0 Å². The molecular weight excluding hydrogens is 463 g/mol. The average molecular weight is 485 g/mol. The van der Waals surface area contributed by atoms with E-state index < -0.39 is 33.8 Å². The minimum Gasteiger partial charge on any atom is -0.508 e. The zero-order valence-electron chi connectivity index (χ0n) is 18.1. The maximum Gasteiger partial charge on any atom is 0.326 e. The number of halogens is 1. The molecule has 0 bridgehead atoms. The summed E-state index contributed by atoms with van der Waals surface area (Å²) in [5, 5.41) is 9.56. The van der Waals surface area contributed by atoms with Crippen molar-refractivity contribution in [3.63, 3.8) is 0 Å². The fourth-order valence-electron chi connectivity index (χ4n) is 3.85. The first-order valence-corrected chi connectivity index (χ1v) is 11.7. The normalized spacial score (nSPS) is 16.4. The number of aromatic hydroxyl groups is 1. The molecule has 0 spiro atoms. The van der Waals surface area contributed by atoms with Crippen molar-refractivity contribution in [3.8, 4) is 5.75 Å². The van der Waals surface area contributed by atoms with Gasteiger partial charge in [-0.05, 0) is 54.1 Å². The Labute approximate surface area is 195 Å². The summed E-state index contributed by atoms with van der Waals surface area (Å²) in [6.07, 6.45) is 0. The molecular formula is C24H21FN2O6S. The lowest BCUT2D eigenvalue weighted by atomic mass is 10.1. The van der Waals surface area contributed by atoms with Crippen molar-refractivity contribution in [2.45, 2.75) is 17.5 Å². The number of sulfonamides is 1. The minimum absolute atomic E-state index is 0.0493. The van der Waals surface area contributed by atoms with Gasteiger partial charge in [-0.25, -0.2) is 12.8 Å². The van der Waals surface area contributed by atoms with Crippen LogP contribution in [-0.4, -0.2) is 49.4 Å². The monoisotopic (exact) mass is 484 g/mol. The summed E-state index contributed by atoms with van der Waals surface area (Å²) in [7, 11) is -3.12. The van der Waals surface area contributed by atoms with Gasteiger partial charge >= 0.3 is 5.97 Å². The quantitative estimate of drug-likeness (QED) is 0.571. The highest BCUT2D eigenvalue weighted by Crippen LogP contribution is 2.32. The largest absolute Gasteiger partial charge is 0.508 e. The van der Waals surface area contributed by atoms with Gasteiger partial charge < -0.3 is 14.7 Å². The third-order valence-electron chi connectivity index (χ3n) is 5.55. The molecule has 3 aromatic carbocycles. The van der Waals surface area contributed by atoms with E-state index in [1.54, 1.807) is 24.3 Å². The molecule has 10 heteroatoms. The second-order valence-corrected chi connectivity index (χ2v) is 9.53. The van der Waals surface area contributed by atoms with Gasteiger partial charge in [0.25, 0.3) is 5.91 Å². The summed E-state index contributed by atoms with van der Waals surface area (Å²) in [6.45, 7) is -0.567. The van der Waals surface area contributed by atoms with E-state index >= 15 is 0 Å². The zero-order valence-corrected chi connectivity index (χ0v) is 18.9. The van der Waals surface area contributed by atoms with Gasteiger partial charge in [0.15, 0.2) is 0 Å². The number of benzene rings is 3. The van der Waals surface area contributed by atoms with Gasteiger partial charge in [0.2, 0.25) is 10.0 Å². The summed E-state index contributed by atoms with van der Waals surface area (Å²) in [5.74, 6) is -2.16. The van der Waals surface area contributed by atoms with Gasteiger partial charge in [-0.15, -0.1) is 0 Å². The van der Waals surface area contributed by atoms with E-state index in [-0.39, 0.29) is 29.3 Å². The predicted octanol–water partition coefficient (Wildman–Crippen LogP) is 2.92. The zero-order chi connectivity index (χ0) is 24.5. The molecule has 1 aliphatic rings. The number of carbonyl (C=O) groups excluding carboxylic acids is 2. The third-order valence-corrected chi connectivity index (χ3v) is 7.41. The Morgan fingerprint density at radius 1 is 1.03 bits per heavy atom. The Bertz CT molecular complexity index is 1340. The lowest BCUT2D eigenvalue weighted by Crippen LogP contribution is -2.50. The second kappa shape index (κ2) is 9.24. The molecule has 1 aliphatic heterocycles. The number of rotatable bonds is 4. The number of phenolic OH excluding ortho intramolecular Hbond substituents is 1. The molecule has 0 aromatic heterocycles. The number of para-hydroxylation sites is 1. The Kier molecular flexibility index (Phi) is 6.36. The van der Waals surface area contributed by atoms with Crippen molar-refractivity contribution in [3.05, 3.63) is 89.7 Å². The number of carbonyl (C=O) groups is 2. The van der Waals surface area contributed by atoms with E-state index in [0.717, 1.165) is 17.5 Å². The molecule has 0 saturated carbocycles. The molecule has 3 aromatic rings. The van der Waals surface area contributed by atoms with E-state index in [1.807, 2.05) is 0 Å². The maximum atomic E-state index is 13.8. The summed E-state index contributed by atoms with van der Waals surface area (Å²) in [5.41, 5.74) is 0.920. The van der Waals surface area contributed by atoms with Crippen LogP contribution in [-0.2, 0) is 26.1 Å². The van der Waals surface area contributed by atoms with Gasteiger partial charge in [-0.2, -0.15) is 4.31 Å². The van der Waals surface area contributed by atoms with Crippen LogP contribution in [0.5, 0.6) is 5.75 Å². The number of amides is 1. The average Bonchev–Trinajstić information content (AvgIpc) is 3.01. The molecule has 8 nitrogen and oxygen atoms in total. The Balaban J connectivity index is 1.84. The van der Waals surface area contributed by atoms with Crippen LogP contribution in [0.25, 0.3) is 0 Å². The van der Waals surface area contributed by atoms with Crippen molar-refractivity contribution in [2.75, 3.05) is 18.6 Å². The minimum atomic E-state index is -4.25. The molecule has 4 rings (SSSR count). The lowest BCUT2D eigenvalue weighted by Gasteiger charge is -2.29. The highest BCUT2D eigenvalue weighted by atomic mass is 32.2. The van der Waals surface area contributed by atoms with Crippen LogP contribution in [0, 0.1) is 5.82 Å². The molecule has 1 atom stereocenters. The predicted molar refractivity (Wildman–Crippen MR) is 121 cm³/mol. The first-order valence-electron chi connectivity index (χ1n) is 10.3. The van der Waals surface area contributed by atoms with E-state index in [2.05, 4.69) is 0 Å². The molecule has 0 aliphatic carbocycles. The van der Waals surface area contributed by atoms with Crippen LogP contribution in [0.2, 0.25) is 0 Å². The van der Waals surface area contributed by atoms with E-state index in [0.29, 0.717) is 11.3 Å². The first-order chi connectivity index (χ1) is 16.2. The standard InChI is InChI=1S/C24H21FN2O6S/c1-33-24(30)22-15-26(23(29)16-6-4-7-18(25)13-16)21-8-3-2-5-17(21)14-27(22)34(31,32)20-11-9-19(28)10-12-20/h2-13,22,28H,14-15H2,1H3. The van der Waals surface area contributed by atoms with E-state index in [4.69, 9.17) is 4.74 Å². The summed E-state index contributed by atoms with van der Waals surface area (Å²) in [6, 6.07) is 15.3. The summed E-state index contributed by atoms with van der Waals surface area (Å²) < 4.78 is 46.8. The molecule has 1 unspecified atom stereocenters. The molecule has 0 radical (unpaired) electrons. The van der Waals surface area contributed by atoms with Crippen molar-refractivity contribution < 1.29 is 32.2 Å². The third kappa shape index (κ3) is 4.37. The molecule has 0 saturated heterocycles. The summed E-state index contributed by atoms with van der Waals surface area (Å²) >= 11 is 0. The Morgan fingerprint density at radius 3 is 2.41 bits per heavy atom. The van der Waals surface area contributed by atoms with Crippen LogP contribution >= 0.6 is 0 Å². The lowest BCUT2D eigenvalue weighted by molar-refractivity contribution is -0.144. The number of fused-ring (bicyclic) bond motifs is 1. The van der Waals surface area contributed by atoms with Gasteiger partial charge in [-0.1, -0.05) is 24.3 Å². The first kappa shape index (κ1) is 23.4. The van der Waals surface area contributed by atoms with Crippen LogP contribution in [0.15, 0.2) is 77.7 Å². The number of phenols is 1. The van der Waals surface area contributed by atoms with Gasteiger partial charge in [0.05, 0.1) is 18.6 Å². The highest BCUT2D eigenvalue weighted by Gasteiger charge is 2.42. The number of hydrogen-bond acceptors (Lipinski definition) is 6. The van der Waals surface area contributed by atoms with Crippen molar-refractivity contribution >= 4 is 27.6 Å². The topological polar surface area (TPSA) is 104 Å². The van der Waals surface area contributed by atoms with Gasteiger partial charge in [0.1, 0.15) is 17.6 Å². The number of esters is 1. The SMILES string of the molecule is COC(=O)C1CN(C(=O)c2cccc(F)c2)c2ccccc2CN1S(=O)(=O)c1ccc(O)cc1. The van der Waals surface area contributed by atoms with Gasteiger partial charge in [0, 0.05) is 17.8 Å². The van der Waals surface area contributed by atoms with Crippen LogP contribution in [0.1, 0.15) is 15.9 Å². The Hall–Kier alpha value is -3.76. The molecule has 34 heavy (non-hydrogen) atoms. The van der Waals surface area contributed by atoms with Crippen LogP contribution < -0.4 is 4.90 Å². The number of hydrogen-bond donors (Lipinski definition) is 1. The fraction of sp³-hybridized carbons (Fsp3) is 0.167. The van der Waals surface area contributed by atoms with E-state index in [9.17, 15) is 27.5 Å². The van der Waals surface area contributed by atoms with Crippen molar-refractivity contribution in [1.82, 2.24) is 4.31 Å².